The Morgan fingerprint density at radius 3 is 2.05 bits per heavy atom. The van der Waals surface area contributed by atoms with Crippen LogP contribution in [0.1, 0.15) is 23.2 Å². The highest BCUT2D eigenvalue weighted by atomic mass is 32.2. The lowest BCUT2D eigenvalue weighted by molar-refractivity contribution is 0.573. The molecule has 0 aliphatic carbocycles. The third-order valence-corrected chi connectivity index (χ3v) is 3.95. The summed E-state index contributed by atoms with van der Waals surface area (Å²) in [4.78, 5) is 4.80. The van der Waals surface area contributed by atoms with Gasteiger partial charge in [-0.3, -0.25) is 4.99 Å². The van der Waals surface area contributed by atoms with Crippen molar-refractivity contribution in [1.82, 2.24) is 5.32 Å². The van der Waals surface area contributed by atoms with Crippen molar-refractivity contribution in [3.8, 4) is 0 Å². The number of nitrogens with zero attached hydrogens (tertiary/aromatic N) is 1. The molecule has 0 spiro atoms. The molecule has 0 radical (unpaired) electrons. The topological polar surface area (TPSA) is 24.4 Å². The number of amidine groups is 1. The molecule has 0 bridgehead atoms. The number of thioether (sulfide) groups is 1. The van der Waals surface area contributed by atoms with E-state index < -0.39 is 0 Å². The number of hydrogen-bond donors (Lipinski definition) is 1. The standard InChI is InChI=1S/C16H16N2S/c1-19-16-17-14(12-8-4-2-5-9-12)15(18-16)13-10-6-3-7-11-13/h2-11,14-15H,1H3,(H,17,18)/t14-,15-/m1/s1. The van der Waals surface area contributed by atoms with Crippen molar-refractivity contribution in [3.05, 3.63) is 71.8 Å². The van der Waals surface area contributed by atoms with Crippen molar-refractivity contribution in [2.24, 2.45) is 4.99 Å². The van der Waals surface area contributed by atoms with Gasteiger partial charge in [-0.15, -0.1) is 0 Å². The molecule has 1 heterocycles. The molecule has 0 fully saturated rings. The summed E-state index contributed by atoms with van der Waals surface area (Å²) < 4.78 is 0. The minimum absolute atomic E-state index is 0.158. The van der Waals surface area contributed by atoms with Crippen LogP contribution in [0.2, 0.25) is 0 Å². The van der Waals surface area contributed by atoms with Crippen LogP contribution in [0, 0.1) is 0 Å². The van der Waals surface area contributed by atoms with E-state index in [1.165, 1.54) is 11.1 Å². The second-order valence-electron chi connectivity index (χ2n) is 4.53. The summed E-state index contributed by atoms with van der Waals surface area (Å²) in [6.45, 7) is 0. The Balaban J connectivity index is 1.96. The van der Waals surface area contributed by atoms with Gasteiger partial charge in [0.05, 0.1) is 6.04 Å². The molecule has 0 unspecified atom stereocenters. The van der Waals surface area contributed by atoms with Crippen LogP contribution in [0.3, 0.4) is 0 Å². The molecule has 1 aliphatic rings. The average molecular weight is 268 g/mol. The Labute approximate surface area is 118 Å². The minimum Gasteiger partial charge on any atom is -0.356 e. The molecule has 0 saturated carbocycles. The first-order valence-electron chi connectivity index (χ1n) is 6.36. The summed E-state index contributed by atoms with van der Waals surface area (Å²) in [5.41, 5.74) is 2.54. The molecule has 2 aromatic carbocycles. The molecule has 0 amide bonds. The molecule has 2 aromatic rings. The molecule has 2 atom stereocenters. The molecule has 3 rings (SSSR count). The second kappa shape index (κ2) is 5.49. The van der Waals surface area contributed by atoms with Crippen molar-refractivity contribution < 1.29 is 0 Å². The van der Waals surface area contributed by atoms with E-state index in [0.717, 1.165) is 5.17 Å². The minimum atomic E-state index is 0.158. The van der Waals surface area contributed by atoms with E-state index in [9.17, 15) is 0 Å². The van der Waals surface area contributed by atoms with Crippen LogP contribution in [0.4, 0.5) is 0 Å². The Hall–Kier alpha value is -1.74. The van der Waals surface area contributed by atoms with E-state index in [0.29, 0.717) is 0 Å². The van der Waals surface area contributed by atoms with Crippen molar-refractivity contribution in [3.63, 3.8) is 0 Å². The van der Waals surface area contributed by atoms with Crippen molar-refractivity contribution >= 4 is 16.9 Å². The summed E-state index contributed by atoms with van der Waals surface area (Å²) in [7, 11) is 0. The predicted molar refractivity (Wildman–Crippen MR) is 82.5 cm³/mol. The van der Waals surface area contributed by atoms with Gasteiger partial charge in [0.1, 0.15) is 6.04 Å². The zero-order valence-electron chi connectivity index (χ0n) is 10.8. The number of rotatable bonds is 2. The number of nitrogens with one attached hydrogen (secondary N) is 1. The largest absolute Gasteiger partial charge is 0.356 e. The van der Waals surface area contributed by atoms with Crippen LogP contribution in [-0.4, -0.2) is 11.4 Å². The maximum absolute atomic E-state index is 4.80. The van der Waals surface area contributed by atoms with Crippen LogP contribution in [0.5, 0.6) is 0 Å². The SMILES string of the molecule is CSC1=N[C@H](c2ccccc2)[C@@H](c2ccccc2)N1. The molecular weight excluding hydrogens is 252 g/mol. The highest BCUT2D eigenvalue weighted by molar-refractivity contribution is 8.13. The molecule has 3 heteroatoms. The van der Waals surface area contributed by atoms with Gasteiger partial charge in [0, 0.05) is 0 Å². The molecule has 19 heavy (non-hydrogen) atoms. The lowest BCUT2D eigenvalue weighted by Gasteiger charge is -2.19. The zero-order chi connectivity index (χ0) is 13.1. The van der Waals surface area contributed by atoms with Gasteiger partial charge < -0.3 is 5.32 Å². The van der Waals surface area contributed by atoms with E-state index in [1.807, 2.05) is 12.1 Å². The third-order valence-electron chi connectivity index (χ3n) is 3.34. The number of aliphatic imine (C=N–C) groups is 1. The van der Waals surface area contributed by atoms with E-state index in [-0.39, 0.29) is 12.1 Å². The van der Waals surface area contributed by atoms with Gasteiger partial charge in [0.25, 0.3) is 0 Å². The Morgan fingerprint density at radius 2 is 1.47 bits per heavy atom. The fraction of sp³-hybridized carbons (Fsp3) is 0.188. The lowest BCUT2D eigenvalue weighted by atomic mass is 9.95. The van der Waals surface area contributed by atoms with E-state index in [1.54, 1.807) is 11.8 Å². The van der Waals surface area contributed by atoms with Gasteiger partial charge in [-0.25, -0.2) is 0 Å². The maximum Gasteiger partial charge on any atom is 0.157 e. The van der Waals surface area contributed by atoms with Gasteiger partial charge in [-0.05, 0) is 17.4 Å². The molecule has 1 N–H and O–H groups in total. The molecule has 2 nitrogen and oxygen atoms in total. The molecule has 0 saturated heterocycles. The van der Waals surface area contributed by atoms with E-state index in [4.69, 9.17) is 4.99 Å². The van der Waals surface area contributed by atoms with Gasteiger partial charge in [0.2, 0.25) is 0 Å². The van der Waals surface area contributed by atoms with Crippen LogP contribution < -0.4 is 5.32 Å². The van der Waals surface area contributed by atoms with E-state index in [2.05, 4.69) is 60.1 Å². The van der Waals surface area contributed by atoms with Crippen LogP contribution in [-0.2, 0) is 0 Å². The van der Waals surface area contributed by atoms with Gasteiger partial charge in [-0.1, -0.05) is 72.4 Å². The summed E-state index contributed by atoms with van der Waals surface area (Å²) in [5.74, 6) is 0. The quantitative estimate of drug-likeness (QED) is 0.896. The van der Waals surface area contributed by atoms with Crippen molar-refractivity contribution in [1.29, 1.82) is 0 Å². The van der Waals surface area contributed by atoms with Gasteiger partial charge in [-0.2, -0.15) is 0 Å². The number of hydrogen-bond acceptors (Lipinski definition) is 3. The predicted octanol–water partition coefficient (Wildman–Crippen LogP) is 3.79. The molecular formula is C16H16N2S. The highest BCUT2D eigenvalue weighted by Crippen LogP contribution is 2.37. The fourth-order valence-corrected chi connectivity index (χ4v) is 2.87. The first kappa shape index (κ1) is 12.3. The second-order valence-corrected chi connectivity index (χ2v) is 5.32. The number of benzene rings is 2. The van der Waals surface area contributed by atoms with Crippen molar-refractivity contribution in [2.45, 2.75) is 12.1 Å². The maximum atomic E-state index is 4.80. The Bertz CT molecular complexity index is 566. The molecule has 0 aromatic heterocycles. The smallest absolute Gasteiger partial charge is 0.157 e. The molecule has 1 aliphatic heterocycles. The van der Waals surface area contributed by atoms with Crippen molar-refractivity contribution in [2.75, 3.05) is 6.26 Å². The first-order valence-corrected chi connectivity index (χ1v) is 7.59. The Morgan fingerprint density at radius 1 is 0.895 bits per heavy atom. The summed E-state index contributed by atoms with van der Waals surface area (Å²) in [6, 6.07) is 21.4. The van der Waals surface area contributed by atoms with Crippen LogP contribution >= 0.6 is 11.8 Å². The summed E-state index contributed by atoms with van der Waals surface area (Å²) in [6.07, 6.45) is 2.06. The zero-order valence-corrected chi connectivity index (χ0v) is 11.6. The Kier molecular flexibility index (Phi) is 3.56. The summed E-state index contributed by atoms with van der Waals surface area (Å²) >= 11 is 1.67. The van der Waals surface area contributed by atoms with Crippen LogP contribution in [0.15, 0.2) is 65.7 Å². The summed E-state index contributed by atoms with van der Waals surface area (Å²) in [5, 5.41) is 4.53. The lowest BCUT2D eigenvalue weighted by Crippen LogP contribution is -2.22. The highest BCUT2D eigenvalue weighted by Gasteiger charge is 2.30. The molecule has 96 valence electrons. The van der Waals surface area contributed by atoms with Crippen LogP contribution in [0.25, 0.3) is 0 Å². The average Bonchev–Trinajstić information content (AvgIpc) is 2.93. The van der Waals surface area contributed by atoms with Gasteiger partial charge in [0.15, 0.2) is 5.17 Å². The first-order chi connectivity index (χ1) is 9.38. The third kappa shape index (κ3) is 2.51. The normalized spacial score (nSPS) is 21.8. The monoisotopic (exact) mass is 268 g/mol. The van der Waals surface area contributed by atoms with E-state index >= 15 is 0 Å². The van der Waals surface area contributed by atoms with Gasteiger partial charge >= 0.3 is 0 Å². The fourth-order valence-electron chi connectivity index (χ4n) is 2.40.